The summed E-state index contributed by atoms with van der Waals surface area (Å²) >= 11 is 0. The van der Waals surface area contributed by atoms with E-state index < -0.39 is 8.80 Å². The molecule has 1 aliphatic carbocycles. The second kappa shape index (κ2) is 5.11. The molecule has 0 aliphatic heterocycles. The normalized spacial score (nSPS) is 26.4. The zero-order valence-electron chi connectivity index (χ0n) is 11.7. The summed E-state index contributed by atoms with van der Waals surface area (Å²) in [5, 5.41) is 2.32. The molecule has 1 fully saturated rings. The quantitative estimate of drug-likeness (QED) is 0.732. The molecule has 2 heteroatoms. The third-order valence-corrected chi connectivity index (χ3v) is 12.3. The molecule has 0 aromatic heterocycles. The van der Waals surface area contributed by atoms with Gasteiger partial charge in [0.1, 0.15) is 0 Å². The van der Waals surface area contributed by atoms with E-state index in [1.807, 2.05) is 0 Å². The highest BCUT2D eigenvalue weighted by Crippen LogP contribution is 2.57. The van der Waals surface area contributed by atoms with E-state index in [1.54, 1.807) is 11.6 Å². The Balaban J connectivity index is 1.92. The SMILES string of the molecule is CC[SiH](C1C[C@H]1[SiH2]c1ccccc1)C(C)(C)C. The Morgan fingerprint density at radius 2 is 1.88 bits per heavy atom. The van der Waals surface area contributed by atoms with Crippen molar-refractivity contribution in [1.29, 1.82) is 0 Å². The average Bonchev–Trinajstić information content (AvgIpc) is 2.97. The van der Waals surface area contributed by atoms with Crippen molar-refractivity contribution < 1.29 is 0 Å². The summed E-state index contributed by atoms with van der Waals surface area (Å²) in [4.78, 5) is 0. The molecule has 0 heterocycles. The lowest BCUT2D eigenvalue weighted by Gasteiger charge is -2.29. The van der Waals surface area contributed by atoms with Crippen LogP contribution in [0.1, 0.15) is 34.1 Å². The maximum atomic E-state index is 2.48. The van der Waals surface area contributed by atoms with Gasteiger partial charge < -0.3 is 0 Å². The largest absolute Gasteiger partial charge is 0.0680 e. The van der Waals surface area contributed by atoms with Crippen LogP contribution in [-0.4, -0.2) is 18.3 Å². The molecule has 1 aromatic rings. The van der Waals surface area contributed by atoms with Gasteiger partial charge in [0.15, 0.2) is 0 Å². The summed E-state index contributed by atoms with van der Waals surface area (Å²) in [6, 6.07) is 12.7. The minimum Gasteiger partial charge on any atom is -0.0680 e. The van der Waals surface area contributed by atoms with Gasteiger partial charge in [-0.05, 0) is 16.1 Å². The fraction of sp³-hybridized carbons (Fsp3) is 0.600. The van der Waals surface area contributed by atoms with Gasteiger partial charge in [0.05, 0.1) is 9.52 Å². The standard InChI is InChI=1S/C15H26Si2/c1-5-17(15(2,3)4)14-11-13(14)16-12-9-7-6-8-10-12/h6-10,13-14,17H,5,11,16H2,1-4H3/t13-,14?,17?/m1/s1. The molecule has 0 radical (unpaired) electrons. The summed E-state index contributed by atoms with van der Waals surface area (Å²) in [5.41, 5.74) is 2.32. The molecule has 1 aliphatic rings. The molecule has 2 unspecified atom stereocenters. The second-order valence-corrected chi connectivity index (χ2v) is 13.6. The van der Waals surface area contributed by atoms with Crippen LogP contribution in [0.25, 0.3) is 0 Å². The summed E-state index contributed by atoms with van der Waals surface area (Å²) in [6.45, 7) is 9.87. The molecular formula is C15H26Si2. The maximum absolute atomic E-state index is 2.48. The average molecular weight is 263 g/mol. The number of benzene rings is 1. The van der Waals surface area contributed by atoms with E-state index in [0.717, 1.165) is 5.54 Å². The van der Waals surface area contributed by atoms with Gasteiger partial charge >= 0.3 is 0 Å². The predicted octanol–water partition coefficient (Wildman–Crippen LogP) is 3.09. The molecule has 2 rings (SSSR count). The van der Waals surface area contributed by atoms with E-state index in [0.29, 0.717) is 5.04 Å². The molecule has 0 saturated heterocycles. The predicted molar refractivity (Wildman–Crippen MR) is 84.1 cm³/mol. The first kappa shape index (κ1) is 13.1. The zero-order chi connectivity index (χ0) is 12.5. The van der Waals surface area contributed by atoms with Gasteiger partial charge in [0, 0.05) is 8.80 Å². The van der Waals surface area contributed by atoms with Crippen LogP contribution in [0.15, 0.2) is 30.3 Å². The van der Waals surface area contributed by atoms with E-state index in [4.69, 9.17) is 0 Å². The molecule has 1 aromatic carbocycles. The number of hydrogen-bond acceptors (Lipinski definition) is 0. The lowest BCUT2D eigenvalue weighted by molar-refractivity contribution is 0.725. The Kier molecular flexibility index (Phi) is 3.93. The van der Waals surface area contributed by atoms with Crippen LogP contribution in [0.2, 0.25) is 22.2 Å². The Labute approximate surface area is 110 Å². The summed E-state index contributed by atoms with van der Waals surface area (Å²) in [6.07, 6.45) is 1.57. The van der Waals surface area contributed by atoms with Crippen LogP contribution >= 0.6 is 0 Å². The Bertz CT molecular complexity index is 353. The van der Waals surface area contributed by atoms with Gasteiger partial charge in [-0.25, -0.2) is 0 Å². The fourth-order valence-corrected chi connectivity index (χ4v) is 11.7. The van der Waals surface area contributed by atoms with Crippen LogP contribution in [-0.2, 0) is 0 Å². The van der Waals surface area contributed by atoms with Crippen LogP contribution < -0.4 is 5.19 Å². The summed E-state index contributed by atoms with van der Waals surface area (Å²) < 4.78 is 0. The first-order valence-corrected chi connectivity index (χ1v) is 10.6. The first-order valence-electron chi connectivity index (χ1n) is 7.06. The van der Waals surface area contributed by atoms with Crippen molar-refractivity contribution in [2.24, 2.45) is 0 Å². The third-order valence-electron chi connectivity index (χ3n) is 4.39. The minimum atomic E-state index is -0.528. The Morgan fingerprint density at radius 3 is 2.41 bits per heavy atom. The van der Waals surface area contributed by atoms with Gasteiger partial charge in [-0.3, -0.25) is 0 Å². The monoisotopic (exact) mass is 262 g/mol. The summed E-state index contributed by atoms with van der Waals surface area (Å²) in [5.74, 6) is 0. The van der Waals surface area contributed by atoms with Gasteiger partial charge in [0.25, 0.3) is 0 Å². The summed E-state index contributed by atoms with van der Waals surface area (Å²) in [7, 11) is -0.516. The molecule has 0 nitrogen and oxygen atoms in total. The van der Waals surface area contributed by atoms with Crippen molar-refractivity contribution in [1.82, 2.24) is 0 Å². The first-order chi connectivity index (χ1) is 8.02. The number of rotatable bonds is 4. The molecule has 1 saturated carbocycles. The van der Waals surface area contributed by atoms with Gasteiger partial charge in [-0.2, -0.15) is 0 Å². The van der Waals surface area contributed by atoms with E-state index in [9.17, 15) is 0 Å². The van der Waals surface area contributed by atoms with Crippen molar-refractivity contribution in [3.63, 3.8) is 0 Å². The van der Waals surface area contributed by atoms with Crippen LogP contribution in [0.4, 0.5) is 0 Å². The topological polar surface area (TPSA) is 0 Å². The maximum Gasteiger partial charge on any atom is 0.0578 e. The van der Waals surface area contributed by atoms with Gasteiger partial charge in [-0.15, -0.1) is 0 Å². The molecule has 3 atom stereocenters. The molecule has 94 valence electrons. The highest BCUT2D eigenvalue weighted by Gasteiger charge is 2.46. The van der Waals surface area contributed by atoms with Gasteiger partial charge in [0.2, 0.25) is 0 Å². The highest BCUT2D eigenvalue weighted by molar-refractivity contribution is 6.69. The van der Waals surface area contributed by atoms with Crippen molar-refractivity contribution >= 4 is 23.5 Å². The fourth-order valence-electron chi connectivity index (χ4n) is 3.47. The van der Waals surface area contributed by atoms with E-state index in [1.165, 1.54) is 11.6 Å². The zero-order valence-corrected chi connectivity index (χ0v) is 14.3. The smallest absolute Gasteiger partial charge is 0.0578 e. The van der Waals surface area contributed by atoms with Crippen molar-refractivity contribution in [3.05, 3.63) is 30.3 Å². The van der Waals surface area contributed by atoms with E-state index in [-0.39, 0.29) is 9.52 Å². The molecule has 0 bridgehead atoms. The third kappa shape index (κ3) is 3.32. The Morgan fingerprint density at radius 1 is 1.24 bits per heavy atom. The van der Waals surface area contributed by atoms with Crippen LogP contribution in [0, 0.1) is 0 Å². The molecule has 0 spiro atoms. The van der Waals surface area contributed by atoms with E-state index >= 15 is 0 Å². The highest BCUT2D eigenvalue weighted by atomic mass is 28.3. The lowest BCUT2D eigenvalue weighted by Crippen LogP contribution is -2.26. The van der Waals surface area contributed by atoms with Crippen molar-refractivity contribution in [2.75, 3.05) is 0 Å². The van der Waals surface area contributed by atoms with Crippen molar-refractivity contribution in [3.8, 4) is 0 Å². The lowest BCUT2D eigenvalue weighted by atomic mass is 10.2. The number of hydrogen-bond donors (Lipinski definition) is 0. The van der Waals surface area contributed by atoms with Gasteiger partial charge in [-0.1, -0.05) is 75.7 Å². The molecule has 17 heavy (non-hydrogen) atoms. The Hall–Kier alpha value is -0.346. The minimum absolute atomic E-state index is 0.0117. The van der Waals surface area contributed by atoms with E-state index in [2.05, 4.69) is 58.0 Å². The molecule has 0 N–H and O–H groups in total. The second-order valence-electron chi connectivity index (χ2n) is 6.73. The van der Waals surface area contributed by atoms with Crippen LogP contribution in [0.5, 0.6) is 0 Å². The molecular weight excluding hydrogens is 236 g/mol. The van der Waals surface area contributed by atoms with Crippen LogP contribution in [0.3, 0.4) is 0 Å². The molecule has 0 amide bonds. The van der Waals surface area contributed by atoms with Crippen molar-refractivity contribution in [2.45, 2.75) is 56.3 Å².